The average molecular weight is 224 g/mol. The number of rotatable bonds is 6. The van der Waals surface area contributed by atoms with Crippen molar-refractivity contribution in [3.63, 3.8) is 0 Å². The van der Waals surface area contributed by atoms with Crippen molar-refractivity contribution in [2.45, 2.75) is 20.0 Å². The molecule has 0 aromatic heterocycles. The molecule has 0 spiro atoms. The molecule has 0 saturated carbocycles. The van der Waals surface area contributed by atoms with E-state index in [-0.39, 0.29) is 10.6 Å². The Labute approximate surface area is 94.6 Å². The fourth-order valence-electron chi connectivity index (χ4n) is 1.39. The molecule has 0 bridgehead atoms. The lowest BCUT2D eigenvalue weighted by Gasteiger charge is -2.07. The summed E-state index contributed by atoms with van der Waals surface area (Å²) in [5, 5.41) is 13.9. The minimum absolute atomic E-state index is 0.100. The molecule has 1 N–H and O–H groups in total. The normalized spacial score (nSPS) is 10.1. The molecule has 1 rings (SSSR count). The Morgan fingerprint density at radius 3 is 2.81 bits per heavy atom. The number of nitro groups is 1. The Morgan fingerprint density at radius 1 is 1.50 bits per heavy atom. The van der Waals surface area contributed by atoms with Crippen molar-refractivity contribution in [1.82, 2.24) is 0 Å². The zero-order valence-electron chi connectivity index (χ0n) is 9.53. The minimum Gasteiger partial charge on any atom is -0.380 e. The lowest BCUT2D eigenvalue weighted by atomic mass is 10.2. The first kappa shape index (κ1) is 12.4. The highest BCUT2D eigenvalue weighted by Gasteiger charge is 2.13. The topological polar surface area (TPSA) is 64.4 Å². The monoisotopic (exact) mass is 224 g/mol. The van der Waals surface area contributed by atoms with Crippen LogP contribution >= 0.6 is 0 Å². The summed E-state index contributed by atoms with van der Waals surface area (Å²) in [5.41, 5.74) is 1.46. The van der Waals surface area contributed by atoms with Gasteiger partial charge in [0.05, 0.1) is 11.5 Å². The van der Waals surface area contributed by atoms with Crippen LogP contribution in [0.2, 0.25) is 0 Å². The summed E-state index contributed by atoms with van der Waals surface area (Å²) in [6, 6.07) is 5.10. The predicted molar refractivity (Wildman–Crippen MR) is 62.6 cm³/mol. The second kappa shape index (κ2) is 6.07. The van der Waals surface area contributed by atoms with Crippen molar-refractivity contribution >= 4 is 11.4 Å². The predicted octanol–water partition coefficient (Wildman–Crippen LogP) is 2.56. The number of benzene rings is 1. The molecular formula is C11H16N2O3. The SMILES string of the molecule is CCCNc1ccc(COC)cc1[N+](=O)[O-]. The van der Waals surface area contributed by atoms with Gasteiger partial charge in [-0.25, -0.2) is 0 Å². The molecule has 0 aliphatic rings. The maximum Gasteiger partial charge on any atom is 0.292 e. The molecule has 1 aromatic carbocycles. The van der Waals surface area contributed by atoms with Gasteiger partial charge in [0.1, 0.15) is 5.69 Å². The van der Waals surface area contributed by atoms with Gasteiger partial charge >= 0.3 is 0 Å². The van der Waals surface area contributed by atoms with E-state index in [0.717, 1.165) is 18.5 Å². The molecule has 5 nitrogen and oxygen atoms in total. The molecule has 0 radical (unpaired) electrons. The van der Waals surface area contributed by atoms with Crippen LogP contribution in [0, 0.1) is 10.1 Å². The van der Waals surface area contributed by atoms with E-state index in [9.17, 15) is 10.1 Å². The summed E-state index contributed by atoms with van der Waals surface area (Å²) < 4.78 is 4.94. The van der Waals surface area contributed by atoms with Crippen molar-refractivity contribution < 1.29 is 9.66 Å². The number of hydrogen-bond acceptors (Lipinski definition) is 4. The number of hydrogen-bond donors (Lipinski definition) is 1. The van der Waals surface area contributed by atoms with Crippen LogP contribution in [0.25, 0.3) is 0 Å². The average Bonchev–Trinajstić information content (AvgIpc) is 2.27. The Kier molecular flexibility index (Phi) is 4.72. The van der Waals surface area contributed by atoms with Crippen LogP contribution < -0.4 is 5.32 Å². The summed E-state index contributed by atoms with van der Waals surface area (Å²) >= 11 is 0. The largest absolute Gasteiger partial charge is 0.380 e. The van der Waals surface area contributed by atoms with Gasteiger partial charge in [0.2, 0.25) is 0 Å². The highest BCUT2D eigenvalue weighted by molar-refractivity contribution is 5.62. The second-order valence-electron chi connectivity index (χ2n) is 3.47. The molecule has 0 atom stereocenters. The Morgan fingerprint density at radius 2 is 2.25 bits per heavy atom. The van der Waals surface area contributed by atoms with Crippen molar-refractivity contribution in [3.8, 4) is 0 Å². The minimum atomic E-state index is -0.378. The molecule has 1 aromatic rings. The summed E-state index contributed by atoms with van der Waals surface area (Å²) in [4.78, 5) is 10.5. The van der Waals surface area contributed by atoms with E-state index in [2.05, 4.69) is 5.32 Å². The van der Waals surface area contributed by atoms with Crippen molar-refractivity contribution in [1.29, 1.82) is 0 Å². The summed E-state index contributed by atoms with van der Waals surface area (Å²) in [6.07, 6.45) is 0.928. The quantitative estimate of drug-likeness (QED) is 0.595. The van der Waals surface area contributed by atoms with Gasteiger partial charge in [0.15, 0.2) is 0 Å². The number of nitro benzene ring substituents is 1. The fraction of sp³-hybridized carbons (Fsp3) is 0.455. The van der Waals surface area contributed by atoms with Gasteiger partial charge in [0.25, 0.3) is 5.69 Å². The number of nitrogens with zero attached hydrogens (tertiary/aromatic N) is 1. The third-order valence-corrected chi connectivity index (χ3v) is 2.14. The van der Waals surface area contributed by atoms with Crippen molar-refractivity contribution in [2.75, 3.05) is 19.0 Å². The van der Waals surface area contributed by atoms with E-state index >= 15 is 0 Å². The van der Waals surface area contributed by atoms with Crippen LogP contribution in [0.4, 0.5) is 11.4 Å². The van der Waals surface area contributed by atoms with E-state index < -0.39 is 0 Å². The molecule has 0 aliphatic carbocycles. The second-order valence-corrected chi connectivity index (χ2v) is 3.47. The van der Waals surface area contributed by atoms with Crippen LogP contribution in [-0.2, 0) is 11.3 Å². The molecule has 88 valence electrons. The van der Waals surface area contributed by atoms with Gasteiger partial charge < -0.3 is 10.1 Å². The maximum atomic E-state index is 10.9. The van der Waals surface area contributed by atoms with Crippen LogP contribution in [0.15, 0.2) is 18.2 Å². The smallest absolute Gasteiger partial charge is 0.292 e. The van der Waals surface area contributed by atoms with Crippen LogP contribution in [0.3, 0.4) is 0 Å². The number of anilines is 1. The highest BCUT2D eigenvalue weighted by Crippen LogP contribution is 2.25. The molecule has 0 unspecified atom stereocenters. The standard InChI is InChI=1S/C11H16N2O3/c1-3-6-12-10-5-4-9(8-16-2)7-11(10)13(14)15/h4-5,7,12H,3,6,8H2,1-2H3. The summed E-state index contributed by atoms with van der Waals surface area (Å²) in [5.74, 6) is 0. The van der Waals surface area contributed by atoms with Crippen molar-refractivity contribution in [3.05, 3.63) is 33.9 Å². The van der Waals surface area contributed by atoms with Crippen molar-refractivity contribution in [2.24, 2.45) is 0 Å². The van der Waals surface area contributed by atoms with E-state index in [1.54, 1.807) is 19.2 Å². The number of nitrogens with one attached hydrogen (secondary N) is 1. The van der Waals surface area contributed by atoms with Crippen LogP contribution in [-0.4, -0.2) is 18.6 Å². The van der Waals surface area contributed by atoms with Gasteiger partial charge in [-0.1, -0.05) is 13.0 Å². The third-order valence-electron chi connectivity index (χ3n) is 2.14. The molecule has 5 heteroatoms. The van der Waals surface area contributed by atoms with E-state index in [0.29, 0.717) is 12.3 Å². The Hall–Kier alpha value is -1.62. The Bertz CT molecular complexity index is 366. The number of methoxy groups -OCH3 is 1. The summed E-state index contributed by atoms with van der Waals surface area (Å²) in [6.45, 7) is 3.12. The molecule has 0 fully saturated rings. The fourth-order valence-corrected chi connectivity index (χ4v) is 1.39. The van der Waals surface area contributed by atoms with E-state index in [1.807, 2.05) is 13.0 Å². The van der Waals surface area contributed by atoms with Gasteiger partial charge in [-0.2, -0.15) is 0 Å². The van der Waals surface area contributed by atoms with E-state index in [4.69, 9.17) is 4.74 Å². The van der Waals surface area contributed by atoms with Crippen LogP contribution in [0.5, 0.6) is 0 Å². The van der Waals surface area contributed by atoms with Crippen LogP contribution in [0.1, 0.15) is 18.9 Å². The van der Waals surface area contributed by atoms with Gasteiger partial charge in [-0.15, -0.1) is 0 Å². The van der Waals surface area contributed by atoms with Gasteiger partial charge in [-0.3, -0.25) is 10.1 Å². The number of ether oxygens (including phenoxy) is 1. The zero-order chi connectivity index (χ0) is 12.0. The lowest BCUT2D eigenvalue weighted by molar-refractivity contribution is -0.384. The third kappa shape index (κ3) is 3.20. The first-order valence-electron chi connectivity index (χ1n) is 5.19. The zero-order valence-corrected chi connectivity index (χ0v) is 9.53. The molecule has 0 heterocycles. The molecule has 16 heavy (non-hydrogen) atoms. The van der Waals surface area contributed by atoms with E-state index in [1.165, 1.54) is 0 Å². The summed E-state index contributed by atoms with van der Waals surface area (Å²) in [7, 11) is 1.56. The first-order chi connectivity index (χ1) is 7.69. The Balaban J connectivity index is 2.94. The lowest BCUT2D eigenvalue weighted by Crippen LogP contribution is -2.03. The molecule has 0 aliphatic heterocycles. The van der Waals surface area contributed by atoms with Gasteiger partial charge in [0, 0.05) is 19.7 Å². The molecule has 0 saturated heterocycles. The van der Waals surface area contributed by atoms with Gasteiger partial charge in [-0.05, 0) is 18.1 Å². The molecular weight excluding hydrogens is 208 g/mol. The highest BCUT2D eigenvalue weighted by atomic mass is 16.6. The maximum absolute atomic E-state index is 10.9. The molecule has 0 amide bonds. The first-order valence-corrected chi connectivity index (χ1v) is 5.19.